The second-order valence-electron chi connectivity index (χ2n) is 5.28. The molecule has 1 aromatic rings. The number of ether oxygens (including phenoxy) is 1. The van der Waals surface area contributed by atoms with E-state index in [1.54, 1.807) is 18.9 Å². The smallest absolute Gasteiger partial charge is 0.233 e. The molecule has 2 atom stereocenters. The van der Waals surface area contributed by atoms with Crippen molar-refractivity contribution in [2.45, 2.75) is 57.5 Å². The van der Waals surface area contributed by atoms with E-state index < -0.39 is 0 Å². The molecule has 0 spiro atoms. The molecular weight excluding hydrogens is 282 g/mol. The van der Waals surface area contributed by atoms with E-state index in [0.29, 0.717) is 17.8 Å². The molecular formula is C17H27NO2S. The predicted molar refractivity (Wildman–Crippen MR) is 90.1 cm³/mol. The van der Waals surface area contributed by atoms with Crippen LogP contribution in [0.5, 0.6) is 5.75 Å². The summed E-state index contributed by atoms with van der Waals surface area (Å²) >= 11 is 1.59. The quantitative estimate of drug-likeness (QED) is 0.674. The molecule has 0 bridgehead atoms. The van der Waals surface area contributed by atoms with Gasteiger partial charge in [0.1, 0.15) is 5.75 Å². The molecule has 0 aliphatic carbocycles. The van der Waals surface area contributed by atoms with Gasteiger partial charge in [-0.25, -0.2) is 0 Å². The number of carbonyl (C=O) groups is 1. The molecule has 0 aliphatic heterocycles. The van der Waals surface area contributed by atoms with Gasteiger partial charge in [-0.3, -0.25) is 4.79 Å². The number of thioether (sulfide) groups is 1. The molecule has 3 nitrogen and oxygen atoms in total. The maximum atomic E-state index is 12.5. The maximum Gasteiger partial charge on any atom is 0.233 e. The zero-order valence-corrected chi connectivity index (χ0v) is 14.6. The summed E-state index contributed by atoms with van der Waals surface area (Å²) in [6.07, 6.45) is 1.98. The minimum Gasteiger partial charge on any atom is -0.497 e. The average molecular weight is 309 g/mol. The van der Waals surface area contributed by atoms with E-state index in [4.69, 9.17) is 4.74 Å². The number of methoxy groups -OCH3 is 1. The van der Waals surface area contributed by atoms with Gasteiger partial charge in [0.2, 0.25) is 5.91 Å². The van der Waals surface area contributed by atoms with E-state index in [1.807, 2.05) is 29.2 Å². The lowest BCUT2D eigenvalue weighted by Crippen LogP contribution is -2.45. The maximum absolute atomic E-state index is 12.5. The molecule has 1 rings (SSSR count). The Morgan fingerprint density at radius 3 is 2.10 bits per heavy atom. The van der Waals surface area contributed by atoms with Crippen LogP contribution in [0, 0.1) is 0 Å². The topological polar surface area (TPSA) is 29.5 Å². The van der Waals surface area contributed by atoms with E-state index in [2.05, 4.69) is 27.7 Å². The molecule has 0 aliphatic rings. The van der Waals surface area contributed by atoms with Crippen LogP contribution in [-0.2, 0) is 4.79 Å². The molecule has 4 heteroatoms. The van der Waals surface area contributed by atoms with Crippen LogP contribution in [0.2, 0.25) is 0 Å². The van der Waals surface area contributed by atoms with Crippen molar-refractivity contribution in [2.75, 3.05) is 12.9 Å². The third-order valence-electron chi connectivity index (χ3n) is 3.84. The highest BCUT2D eigenvalue weighted by Crippen LogP contribution is 2.23. The lowest BCUT2D eigenvalue weighted by Gasteiger charge is -2.34. The number of hydrogen-bond donors (Lipinski definition) is 0. The summed E-state index contributed by atoms with van der Waals surface area (Å²) in [7, 11) is 1.65. The van der Waals surface area contributed by atoms with E-state index in [-0.39, 0.29) is 5.91 Å². The Labute approximate surface area is 133 Å². The molecule has 0 saturated heterocycles. The molecule has 0 aromatic heterocycles. The van der Waals surface area contributed by atoms with Crippen LogP contribution >= 0.6 is 11.8 Å². The van der Waals surface area contributed by atoms with Crippen LogP contribution in [0.3, 0.4) is 0 Å². The predicted octanol–water partition coefficient (Wildman–Crippen LogP) is 4.21. The van der Waals surface area contributed by atoms with Gasteiger partial charge in [0.25, 0.3) is 0 Å². The van der Waals surface area contributed by atoms with Gasteiger partial charge in [-0.15, -0.1) is 11.8 Å². The summed E-state index contributed by atoms with van der Waals surface area (Å²) in [5.74, 6) is 1.55. The largest absolute Gasteiger partial charge is 0.497 e. The number of hydrogen-bond acceptors (Lipinski definition) is 3. The summed E-state index contributed by atoms with van der Waals surface area (Å²) < 4.78 is 5.14. The summed E-state index contributed by atoms with van der Waals surface area (Å²) in [4.78, 5) is 15.7. The zero-order valence-electron chi connectivity index (χ0n) is 13.8. The van der Waals surface area contributed by atoms with Crippen LogP contribution in [0.15, 0.2) is 29.2 Å². The Morgan fingerprint density at radius 2 is 1.67 bits per heavy atom. The molecule has 0 N–H and O–H groups in total. The Balaban J connectivity index is 2.64. The Bertz CT molecular complexity index is 423. The summed E-state index contributed by atoms with van der Waals surface area (Å²) in [6, 6.07) is 8.43. The molecule has 0 heterocycles. The first kappa shape index (κ1) is 17.9. The van der Waals surface area contributed by atoms with Crippen LogP contribution in [0.1, 0.15) is 40.5 Å². The normalized spacial score (nSPS) is 13.6. The second-order valence-corrected chi connectivity index (χ2v) is 6.33. The number of carbonyl (C=O) groups excluding carboxylic acids is 1. The fraction of sp³-hybridized carbons (Fsp3) is 0.588. The fourth-order valence-electron chi connectivity index (χ4n) is 2.21. The average Bonchev–Trinajstić information content (AvgIpc) is 2.53. The first-order chi connectivity index (χ1) is 10.0. The van der Waals surface area contributed by atoms with Crippen molar-refractivity contribution in [3.63, 3.8) is 0 Å². The molecule has 118 valence electrons. The van der Waals surface area contributed by atoms with Gasteiger partial charge in [0, 0.05) is 17.0 Å². The van der Waals surface area contributed by atoms with Crippen LogP contribution in [0.4, 0.5) is 0 Å². The second kappa shape index (κ2) is 8.98. The highest BCUT2D eigenvalue weighted by Gasteiger charge is 2.23. The zero-order chi connectivity index (χ0) is 15.8. The monoisotopic (exact) mass is 309 g/mol. The molecule has 0 saturated carbocycles. The van der Waals surface area contributed by atoms with Crippen molar-refractivity contribution in [1.29, 1.82) is 0 Å². The van der Waals surface area contributed by atoms with E-state index in [0.717, 1.165) is 23.5 Å². The summed E-state index contributed by atoms with van der Waals surface area (Å²) in [5.41, 5.74) is 0. The Morgan fingerprint density at radius 1 is 1.14 bits per heavy atom. The van der Waals surface area contributed by atoms with Gasteiger partial charge in [-0.2, -0.15) is 0 Å². The first-order valence-electron chi connectivity index (χ1n) is 7.61. The van der Waals surface area contributed by atoms with Gasteiger partial charge in [-0.05, 0) is 51.0 Å². The minimum atomic E-state index is 0.222. The fourth-order valence-corrected chi connectivity index (χ4v) is 2.98. The highest BCUT2D eigenvalue weighted by molar-refractivity contribution is 8.00. The van der Waals surface area contributed by atoms with Crippen LogP contribution in [-0.4, -0.2) is 35.8 Å². The standard InChI is InChI=1S/C17H27NO2S/c1-6-13(3)18(14(4)7-2)17(19)12-21-16-10-8-15(20-5)9-11-16/h8-11,13-14H,6-7,12H2,1-5H3. The van der Waals surface area contributed by atoms with Crippen molar-refractivity contribution in [1.82, 2.24) is 4.90 Å². The van der Waals surface area contributed by atoms with Crippen molar-refractivity contribution < 1.29 is 9.53 Å². The number of amides is 1. The van der Waals surface area contributed by atoms with Crippen molar-refractivity contribution >= 4 is 17.7 Å². The third kappa shape index (κ3) is 5.27. The Kier molecular flexibility index (Phi) is 7.65. The summed E-state index contributed by atoms with van der Waals surface area (Å²) in [6.45, 7) is 8.51. The van der Waals surface area contributed by atoms with E-state index in [9.17, 15) is 4.79 Å². The van der Waals surface area contributed by atoms with Crippen molar-refractivity contribution in [2.24, 2.45) is 0 Å². The molecule has 1 amide bonds. The van der Waals surface area contributed by atoms with Gasteiger partial charge in [0.15, 0.2) is 0 Å². The number of benzene rings is 1. The summed E-state index contributed by atoms with van der Waals surface area (Å²) in [5, 5.41) is 0. The van der Waals surface area contributed by atoms with Crippen molar-refractivity contribution in [3.05, 3.63) is 24.3 Å². The molecule has 2 unspecified atom stereocenters. The van der Waals surface area contributed by atoms with E-state index >= 15 is 0 Å². The Hall–Kier alpha value is -1.16. The van der Waals surface area contributed by atoms with Gasteiger partial charge in [-0.1, -0.05) is 13.8 Å². The van der Waals surface area contributed by atoms with E-state index in [1.165, 1.54) is 0 Å². The molecule has 1 aromatic carbocycles. The van der Waals surface area contributed by atoms with Crippen LogP contribution < -0.4 is 4.74 Å². The van der Waals surface area contributed by atoms with Crippen molar-refractivity contribution in [3.8, 4) is 5.75 Å². The highest BCUT2D eigenvalue weighted by atomic mass is 32.2. The van der Waals surface area contributed by atoms with Gasteiger partial charge in [0.05, 0.1) is 12.9 Å². The lowest BCUT2D eigenvalue weighted by atomic mass is 10.1. The SMILES string of the molecule is CCC(C)N(C(=O)CSc1ccc(OC)cc1)C(C)CC. The first-order valence-corrected chi connectivity index (χ1v) is 8.60. The minimum absolute atomic E-state index is 0.222. The molecule has 21 heavy (non-hydrogen) atoms. The van der Waals surface area contributed by atoms with Gasteiger partial charge < -0.3 is 9.64 Å². The van der Waals surface area contributed by atoms with Gasteiger partial charge >= 0.3 is 0 Å². The van der Waals surface area contributed by atoms with Crippen LogP contribution in [0.25, 0.3) is 0 Å². The third-order valence-corrected chi connectivity index (χ3v) is 4.84. The number of rotatable bonds is 8. The molecule has 0 fully saturated rings. The molecule has 0 radical (unpaired) electrons. The number of nitrogens with zero attached hydrogens (tertiary/aromatic N) is 1. The lowest BCUT2D eigenvalue weighted by molar-refractivity contribution is -0.132.